The molecule has 7 nitrogen and oxygen atoms in total. The lowest BCUT2D eigenvalue weighted by Crippen LogP contribution is -2.54. The van der Waals surface area contributed by atoms with E-state index in [2.05, 4.69) is 16.0 Å². The molecule has 1 aliphatic carbocycles. The number of benzene rings is 2. The maximum Gasteiger partial charge on any atom is 0.416 e. The van der Waals surface area contributed by atoms with E-state index in [0.29, 0.717) is 24.0 Å². The van der Waals surface area contributed by atoms with Crippen LogP contribution >= 0.6 is 0 Å². The number of alkyl halides is 3. The number of hydrogen-bond acceptors (Lipinski definition) is 4. The van der Waals surface area contributed by atoms with Gasteiger partial charge in [0.1, 0.15) is 0 Å². The summed E-state index contributed by atoms with van der Waals surface area (Å²) in [4.78, 5) is 37.2. The molecule has 1 saturated carbocycles. The largest absolute Gasteiger partial charge is 0.416 e. The molecule has 2 aromatic rings. The highest BCUT2D eigenvalue weighted by molar-refractivity contribution is 5.97. The van der Waals surface area contributed by atoms with Crippen LogP contribution < -0.4 is 16.0 Å². The number of nitriles is 1. The van der Waals surface area contributed by atoms with Crippen LogP contribution in [0.2, 0.25) is 0 Å². The summed E-state index contributed by atoms with van der Waals surface area (Å²) in [5.41, 5.74) is -0.324. The summed E-state index contributed by atoms with van der Waals surface area (Å²) in [5, 5.41) is 16.9. The van der Waals surface area contributed by atoms with Crippen LogP contribution in [0.25, 0.3) is 0 Å². The van der Waals surface area contributed by atoms with Gasteiger partial charge in [0.05, 0.1) is 23.7 Å². The summed E-state index contributed by atoms with van der Waals surface area (Å²) in [5.74, 6) is -1.63. The molecule has 0 bridgehead atoms. The van der Waals surface area contributed by atoms with Gasteiger partial charge in [-0.1, -0.05) is 18.9 Å². The Hall–Kier alpha value is -3.87. The van der Waals surface area contributed by atoms with Gasteiger partial charge in [-0.15, -0.1) is 0 Å². The number of amides is 3. The molecule has 1 fully saturated rings. The van der Waals surface area contributed by atoms with E-state index >= 15 is 0 Å². The molecule has 3 amide bonds. The Morgan fingerprint density at radius 1 is 0.912 bits per heavy atom. The highest BCUT2D eigenvalue weighted by atomic mass is 19.4. The zero-order chi connectivity index (χ0) is 24.7. The fourth-order valence-corrected chi connectivity index (χ4v) is 3.78. The van der Waals surface area contributed by atoms with Crippen LogP contribution in [0.3, 0.4) is 0 Å². The Bertz CT molecular complexity index is 1090. The standard InChI is InChI=1S/C24H23F3N4O3/c25-24(26,27)18-5-3-4-17(12-18)22(33)29-14-21(32)30-19-6-1-2-7-20(19)31-23(34)16-10-8-15(13-28)9-11-16/h3-5,8-12,19-20H,1-2,6-7,14H2,(H,29,33)(H,30,32)(H,31,34). The van der Waals surface area contributed by atoms with Crippen molar-refractivity contribution in [1.82, 2.24) is 16.0 Å². The Morgan fingerprint density at radius 3 is 2.18 bits per heavy atom. The van der Waals surface area contributed by atoms with Crippen molar-refractivity contribution in [3.8, 4) is 6.07 Å². The van der Waals surface area contributed by atoms with Gasteiger partial charge >= 0.3 is 6.18 Å². The lowest BCUT2D eigenvalue weighted by atomic mass is 9.90. The first-order chi connectivity index (χ1) is 16.2. The topological polar surface area (TPSA) is 111 Å². The summed E-state index contributed by atoms with van der Waals surface area (Å²) in [6.07, 6.45) is -1.57. The smallest absolute Gasteiger partial charge is 0.350 e. The molecule has 0 aliphatic heterocycles. The average molecular weight is 472 g/mol. The summed E-state index contributed by atoms with van der Waals surface area (Å²) in [6.45, 7) is -0.415. The van der Waals surface area contributed by atoms with Crippen molar-refractivity contribution in [2.75, 3.05) is 6.54 Å². The van der Waals surface area contributed by atoms with E-state index in [9.17, 15) is 27.6 Å². The zero-order valence-electron chi connectivity index (χ0n) is 18.1. The van der Waals surface area contributed by atoms with Crippen molar-refractivity contribution in [1.29, 1.82) is 5.26 Å². The average Bonchev–Trinajstić information content (AvgIpc) is 2.83. The molecule has 2 atom stereocenters. The van der Waals surface area contributed by atoms with Crippen LogP contribution in [-0.2, 0) is 11.0 Å². The van der Waals surface area contributed by atoms with Crippen LogP contribution in [-0.4, -0.2) is 36.3 Å². The first-order valence-electron chi connectivity index (χ1n) is 10.7. The number of nitrogens with zero attached hydrogens (tertiary/aromatic N) is 1. The van der Waals surface area contributed by atoms with Crippen LogP contribution in [0, 0.1) is 11.3 Å². The Balaban J connectivity index is 1.54. The number of carbonyl (C=O) groups is 3. The second-order valence-corrected chi connectivity index (χ2v) is 7.99. The van der Waals surface area contributed by atoms with Gasteiger partial charge in [-0.2, -0.15) is 18.4 Å². The molecular weight excluding hydrogens is 449 g/mol. The Kier molecular flexibility index (Phi) is 7.89. The fraction of sp³-hybridized carbons (Fsp3) is 0.333. The second-order valence-electron chi connectivity index (χ2n) is 7.99. The minimum absolute atomic E-state index is 0.201. The molecule has 0 heterocycles. The van der Waals surface area contributed by atoms with E-state index in [1.165, 1.54) is 6.07 Å². The third-order valence-corrected chi connectivity index (χ3v) is 5.57. The second kappa shape index (κ2) is 10.8. The molecule has 178 valence electrons. The molecule has 1 aliphatic rings. The van der Waals surface area contributed by atoms with Crippen LogP contribution in [0.5, 0.6) is 0 Å². The van der Waals surface area contributed by atoms with Gasteiger partial charge in [0.2, 0.25) is 5.91 Å². The fourth-order valence-electron chi connectivity index (χ4n) is 3.78. The molecule has 0 saturated heterocycles. The number of carbonyl (C=O) groups excluding carboxylic acids is 3. The summed E-state index contributed by atoms with van der Waals surface area (Å²) in [6, 6.07) is 11.4. The number of hydrogen-bond donors (Lipinski definition) is 3. The van der Waals surface area contributed by atoms with E-state index in [1.807, 2.05) is 6.07 Å². The van der Waals surface area contributed by atoms with Gasteiger partial charge < -0.3 is 16.0 Å². The summed E-state index contributed by atoms with van der Waals surface area (Å²) < 4.78 is 38.5. The van der Waals surface area contributed by atoms with E-state index in [0.717, 1.165) is 31.0 Å². The SMILES string of the molecule is N#Cc1ccc(C(=O)NC2CCCCC2NC(=O)CNC(=O)c2cccc(C(F)(F)F)c2)cc1. The van der Waals surface area contributed by atoms with E-state index in [4.69, 9.17) is 5.26 Å². The van der Waals surface area contributed by atoms with Gasteiger partial charge in [-0.25, -0.2) is 0 Å². The van der Waals surface area contributed by atoms with Gasteiger partial charge in [0, 0.05) is 23.2 Å². The molecular formula is C24H23F3N4O3. The summed E-state index contributed by atoms with van der Waals surface area (Å²) >= 11 is 0. The van der Waals surface area contributed by atoms with Crippen molar-refractivity contribution in [2.45, 2.75) is 43.9 Å². The van der Waals surface area contributed by atoms with E-state index < -0.39 is 30.1 Å². The minimum Gasteiger partial charge on any atom is -0.350 e. The maximum atomic E-state index is 12.8. The van der Waals surface area contributed by atoms with Crippen molar-refractivity contribution in [2.24, 2.45) is 0 Å². The molecule has 3 N–H and O–H groups in total. The van der Waals surface area contributed by atoms with Crippen molar-refractivity contribution >= 4 is 17.7 Å². The predicted octanol–water partition coefficient (Wildman–Crippen LogP) is 3.16. The van der Waals surface area contributed by atoms with Crippen LogP contribution in [0.1, 0.15) is 57.5 Å². The normalized spacial score (nSPS) is 17.8. The Labute approximate surface area is 194 Å². The van der Waals surface area contributed by atoms with Gasteiger partial charge in [-0.3, -0.25) is 14.4 Å². The monoisotopic (exact) mass is 472 g/mol. The highest BCUT2D eigenvalue weighted by Gasteiger charge is 2.31. The molecule has 2 aromatic carbocycles. The molecule has 0 aromatic heterocycles. The molecule has 3 rings (SSSR count). The molecule has 2 unspecified atom stereocenters. The van der Waals surface area contributed by atoms with E-state index in [1.54, 1.807) is 24.3 Å². The highest BCUT2D eigenvalue weighted by Crippen LogP contribution is 2.29. The van der Waals surface area contributed by atoms with Gasteiger partial charge in [0.15, 0.2) is 0 Å². The van der Waals surface area contributed by atoms with E-state index in [-0.39, 0.29) is 23.6 Å². The number of nitrogens with one attached hydrogen (secondary N) is 3. The van der Waals surface area contributed by atoms with Crippen molar-refractivity contribution in [3.05, 3.63) is 70.8 Å². The first kappa shape index (κ1) is 24.8. The van der Waals surface area contributed by atoms with Crippen molar-refractivity contribution < 1.29 is 27.6 Å². The molecule has 0 spiro atoms. The lowest BCUT2D eigenvalue weighted by molar-refractivity contribution is -0.137. The predicted molar refractivity (Wildman–Crippen MR) is 117 cm³/mol. The Morgan fingerprint density at radius 2 is 1.56 bits per heavy atom. The molecule has 34 heavy (non-hydrogen) atoms. The summed E-state index contributed by atoms with van der Waals surface area (Å²) in [7, 11) is 0. The van der Waals surface area contributed by atoms with Gasteiger partial charge in [0.25, 0.3) is 11.8 Å². The molecule has 0 radical (unpaired) electrons. The number of halogens is 3. The molecule has 10 heteroatoms. The minimum atomic E-state index is -4.58. The van der Waals surface area contributed by atoms with Crippen LogP contribution in [0.4, 0.5) is 13.2 Å². The third-order valence-electron chi connectivity index (χ3n) is 5.57. The van der Waals surface area contributed by atoms with Crippen LogP contribution in [0.15, 0.2) is 48.5 Å². The van der Waals surface area contributed by atoms with Crippen molar-refractivity contribution in [3.63, 3.8) is 0 Å². The number of rotatable bonds is 6. The van der Waals surface area contributed by atoms with Gasteiger partial charge in [-0.05, 0) is 55.3 Å². The maximum absolute atomic E-state index is 12.8. The lowest BCUT2D eigenvalue weighted by Gasteiger charge is -2.33. The first-order valence-corrected chi connectivity index (χ1v) is 10.7. The zero-order valence-corrected chi connectivity index (χ0v) is 18.1. The third kappa shape index (κ3) is 6.57. The quantitative estimate of drug-likeness (QED) is 0.600.